The average Bonchev–Trinajstić information content (AvgIpc) is 2.50. The van der Waals surface area contributed by atoms with Crippen molar-refractivity contribution in [2.45, 2.75) is 6.92 Å². The zero-order valence-corrected chi connectivity index (χ0v) is 11.3. The Morgan fingerprint density at radius 2 is 1.90 bits per heavy atom. The van der Waals surface area contributed by atoms with Crippen LogP contribution in [0.1, 0.15) is 17.3 Å². The molecule has 0 saturated carbocycles. The SMILES string of the molecule is CCN(c1ccc(F)cc1)c1ccc(C=O)cc1[N+](=O)[O-]. The molecule has 0 radical (unpaired) electrons. The monoisotopic (exact) mass is 288 g/mol. The van der Waals surface area contributed by atoms with Crippen LogP contribution in [0.15, 0.2) is 42.5 Å². The second-order valence-electron chi connectivity index (χ2n) is 4.34. The Labute approximate surface area is 120 Å². The molecule has 0 spiro atoms. The Morgan fingerprint density at radius 3 is 2.43 bits per heavy atom. The maximum Gasteiger partial charge on any atom is 0.293 e. The summed E-state index contributed by atoms with van der Waals surface area (Å²) in [6, 6.07) is 9.96. The fraction of sp³-hybridized carbons (Fsp3) is 0.133. The van der Waals surface area contributed by atoms with Crippen molar-refractivity contribution < 1.29 is 14.1 Å². The van der Waals surface area contributed by atoms with Crippen LogP contribution in [0.3, 0.4) is 0 Å². The van der Waals surface area contributed by atoms with E-state index in [0.29, 0.717) is 24.2 Å². The molecule has 0 N–H and O–H groups in total. The molecule has 0 fully saturated rings. The second-order valence-corrected chi connectivity index (χ2v) is 4.34. The summed E-state index contributed by atoms with van der Waals surface area (Å²) in [7, 11) is 0. The van der Waals surface area contributed by atoms with Crippen molar-refractivity contribution >= 4 is 23.3 Å². The Kier molecular flexibility index (Phi) is 4.27. The Morgan fingerprint density at radius 1 is 1.24 bits per heavy atom. The smallest absolute Gasteiger partial charge is 0.293 e. The summed E-state index contributed by atoms with van der Waals surface area (Å²) in [6.07, 6.45) is 0.560. The molecule has 108 valence electrons. The summed E-state index contributed by atoms with van der Waals surface area (Å²) in [6.45, 7) is 2.30. The lowest BCUT2D eigenvalue weighted by Gasteiger charge is -2.23. The van der Waals surface area contributed by atoms with Crippen LogP contribution in [-0.2, 0) is 0 Å². The number of rotatable bonds is 5. The number of anilines is 2. The van der Waals surface area contributed by atoms with Crippen molar-refractivity contribution in [1.82, 2.24) is 0 Å². The molecule has 2 aromatic carbocycles. The maximum absolute atomic E-state index is 13.0. The van der Waals surface area contributed by atoms with Crippen molar-refractivity contribution in [2.24, 2.45) is 0 Å². The summed E-state index contributed by atoms with van der Waals surface area (Å²) in [4.78, 5) is 23.1. The van der Waals surface area contributed by atoms with Crippen molar-refractivity contribution in [2.75, 3.05) is 11.4 Å². The van der Waals surface area contributed by atoms with Crippen molar-refractivity contribution in [3.8, 4) is 0 Å². The number of aldehydes is 1. The van der Waals surface area contributed by atoms with Crippen LogP contribution < -0.4 is 4.90 Å². The van der Waals surface area contributed by atoms with Gasteiger partial charge in [-0.3, -0.25) is 14.9 Å². The first-order valence-electron chi connectivity index (χ1n) is 6.33. The lowest BCUT2D eigenvalue weighted by atomic mass is 10.1. The first-order valence-corrected chi connectivity index (χ1v) is 6.33. The third-order valence-corrected chi connectivity index (χ3v) is 3.08. The van der Waals surface area contributed by atoms with Gasteiger partial charge in [0.1, 0.15) is 17.8 Å². The van der Waals surface area contributed by atoms with Crippen LogP contribution in [0.2, 0.25) is 0 Å². The number of benzene rings is 2. The van der Waals surface area contributed by atoms with E-state index in [1.54, 1.807) is 17.0 Å². The summed E-state index contributed by atoms with van der Waals surface area (Å²) < 4.78 is 13.0. The van der Waals surface area contributed by atoms with Gasteiger partial charge in [-0.2, -0.15) is 0 Å². The lowest BCUT2D eigenvalue weighted by molar-refractivity contribution is -0.384. The number of nitro benzene ring substituents is 1. The highest BCUT2D eigenvalue weighted by molar-refractivity contribution is 5.81. The fourth-order valence-corrected chi connectivity index (χ4v) is 2.10. The van der Waals surface area contributed by atoms with E-state index in [9.17, 15) is 19.3 Å². The molecular weight excluding hydrogens is 275 g/mol. The number of carbonyl (C=O) groups excluding carboxylic acids is 1. The lowest BCUT2D eigenvalue weighted by Crippen LogP contribution is -2.17. The minimum atomic E-state index is -0.533. The van der Waals surface area contributed by atoms with E-state index in [-0.39, 0.29) is 17.1 Å². The van der Waals surface area contributed by atoms with E-state index in [4.69, 9.17) is 0 Å². The number of nitro groups is 1. The van der Waals surface area contributed by atoms with Crippen molar-refractivity contribution in [1.29, 1.82) is 0 Å². The maximum atomic E-state index is 13.0. The standard InChI is InChI=1S/C15H13FN2O3/c1-2-17(13-6-4-12(16)5-7-13)14-8-3-11(10-19)9-15(14)18(20)21/h3-10H,2H2,1H3. The molecule has 5 nitrogen and oxygen atoms in total. The quantitative estimate of drug-likeness (QED) is 0.478. The molecule has 0 aliphatic heterocycles. The largest absolute Gasteiger partial charge is 0.336 e. The van der Waals surface area contributed by atoms with Crippen molar-refractivity contribution in [3.05, 3.63) is 64.0 Å². The molecule has 0 bridgehead atoms. The molecular formula is C15H13FN2O3. The van der Waals surface area contributed by atoms with Crippen LogP contribution >= 0.6 is 0 Å². The minimum absolute atomic E-state index is 0.161. The van der Waals surface area contributed by atoms with Gasteiger partial charge in [-0.05, 0) is 43.3 Å². The predicted octanol–water partition coefficient (Wildman–Crippen LogP) is 3.70. The van der Waals surface area contributed by atoms with Gasteiger partial charge in [0.25, 0.3) is 5.69 Å². The molecule has 0 aromatic heterocycles. The third kappa shape index (κ3) is 3.05. The van der Waals surface area contributed by atoms with Gasteiger partial charge in [-0.15, -0.1) is 0 Å². The Balaban J connectivity index is 2.53. The molecule has 0 heterocycles. The summed E-state index contributed by atoms with van der Waals surface area (Å²) in [5.74, 6) is -0.374. The molecule has 0 unspecified atom stereocenters. The molecule has 0 aliphatic carbocycles. The number of halogens is 1. The highest BCUT2D eigenvalue weighted by Gasteiger charge is 2.20. The highest BCUT2D eigenvalue weighted by Crippen LogP contribution is 2.34. The van der Waals surface area contributed by atoms with Gasteiger partial charge >= 0.3 is 0 Å². The van der Waals surface area contributed by atoms with E-state index >= 15 is 0 Å². The molecule has 0 atom stereocenters. The topological polar surface area (TPSA) is 63.5 Å². The normalized spacial score (nSPS) is 10.2. The van der Waals surface area contributed by atoms with E-state index in [0.717, 1.165) is 0 Å². The molecule has 2 rings (SSSR count). The molecule has 0 saturated heterocycles. The van der Waals surface area contributed by atoms with Gasteiger partial charge in [-0.25, -0.2) is 4.39 Å². The van der Waals surface area contributed by atoms with Gasteiger partial charge < -0.3 is 4.90 Å². The highest BCUT2D eigenvalue weighted by atomic mass is 19.1. The number of hydrogen-bond donors (Lipinski definition) is 0. The number of hydrogen-bond acceptors (Lipinski definition) is 4. The second kappa shape index (κ2) is 6.13. The van der Waals surface area contributed by atoms with Crippen LogP contribution in [0.25, 0.3) is 0 Å². The first-order chi connectivity index (χ1) is 10.1. The molecule has 2 aromatic rings. The average molecular weight is 288 g/mol. The van der Waals surface area contributed by atoms with Gasteiger partial charge in [0.05, 0.1) is 4.92 Å². The van der Waals surface area contributed by atoms with E-state index in [2.05, 4.69) is 0 Å². The van der Waals surface area contributed by atoms with Crippen molar-refractivity contribution in [3.63, 3.8) is 0 Å². The molecule has 6 heteroatoms. The number of nitrogens with zero attached hydrogens (tertiary/aromatic N) is 2. The molecule has 0 amide bonds. The van der Waals surface area contributed by atoms with E-state index in [1.165, 1.54) is 30.3 Å². The van der Waals surface area contributed by atoms with Crippen LogP contribution in [0.5, 0.6) is 0 Å². The third-order valence-electron chi connectivity index (χ3n) is 3.08. The fourth-order valence-electron chi connectivity index (χ4n) is 2.10. The molecule has 0 aliphatic rings. The van der Waals surface area contributed by atoms with Gasteiger partial charge in [-0.1, -0.05) is 0 Å². The van der Waals surface area contributed by atoms with Gasteiger partial charge in [0.2, 0.25) is 0 Å². The first kappa shape index (κ1) is 14.6. The van der Waals surface area contributed by atoms with E-state index < -0.39 is 4.92 Å². The predicted molar refractivity (Wildman–Crippen MR) is 77.6 cm³/mol. The van der Waals surface area contributed by atoms with Gasteiger partial charge in [0.15, 0.2) is 0 Å². The summed E-state index contributed by atoms with van der Waals surface area (Å²) >= 11 is 0. The zero-order valence-electron chi connectivity index (χ0n) is 11.3. The van der Waals surface area contributed by atoms with Gasteiger partial charge in [0, 0.05) is 23.9 Å². The van der Waals surface area contributed by atoms with Crippen LogP contribution in [-0.4, -0.2) is 17.8 Å². The minimum Gasteiger partial charge on any atom is -0.336 e. The zero-order chi connectivity index (χ0) is 15.4. The van der Waals surface area contributed by atoms with Crippen LogP contribution in [0.4, 0.5) is 21.5 Å². The summed E-state index contributed by atoms with van der Waals surface area (Å²) in [5, 5.41) is 11.2. The Hall–Kier alpha value is -2.76. The van der Waals surface area contributed by atoms with E-state index in [1.807, 2.05) is 6.92 Å². The summed E-state index contributed by atoms with van der Waals surface area (Å²) in [5.41, 5.74) is 1.08. The van der Waals surface area contributed by atoms with Crippen LogP contribution in [0, 0.1) is 15.9 Å². The number of carbonyl (C=O) groups is 1. The molecule has 21 heavy (non-hydrogen) atoms. The Bertz CT molecular complexity index is 671.